The van der Waals surface area contributed by atoms with Crippen molar-refractivity contribution >= 4 is 23.2 Å². The summed E-state index contributed by atoms with van der Waals surface area (Å²) in [5, 5.41) is 7.76. The predicted octanol–water partition coefficient (Wildman–Crippen LogP) is 4.03. The minimum absolute atomic E-state index is 0.0781. The lowest BCUT2D eigenvalue weighted by atomic mass is 10.0. The zero-order chi connectivity index (χ0) is 20.8. The van der Waals surface area contributed by atoms with E-state index in [0.717, 1.165) is 73.9 Å². The molecule has 0 aliphatic carbocycles. The number of anilines is 1. The molecule has 1 saturated heterocycles. The van der Waals surface area contributed by atoms with E-state index in [1.54, 1.807) is 0 Å². The Kier molecular flexibility index (Phi) is 7.13. The molecule has 0 bridgehead atoms. The number of ether oxygens (including phenoxy) is 1. The molecule has 0 spiro atoms. The van der Waals surface area contributed by atoms with E-state index in [0.29, 0.717) is 6.54 Å². The summed E-state index contributed by atoms with van der Waals surface area (Å²) in [7, 11) is 0. The summed E-state index contributed by atoms with van der Waals surface area (Å²) >= 11 is 6.50. The molecule has 2 aliphatic rings. The van der Waals surface area contributed by atoms with Crippen molar-refractivity contribution in [2.45, 2.75) is 38.6 Å². The van der Waals surface area contributed by atoms with Crippen LogP contribution in [0.25, 0.3) is 0 Å². The number of rotatable bonds is 6. The van der Waals surface area contributed by atoms with Gasteiger partial charge in [0.15, 0.2) is 6.61 Å². The van der Waals surface area contributed by atoms with E-state index < -0.39 is 0 Å². The zero-order valence-electron chi connectivity index (χ0n) is 17.4. The molecule has 0 aromatic heterocycles. The van der Waals surface area contributed by atoms with Gasteiger partial charge in [0, 0.05) is 19.6 Å². The molecule has 2 N–H and O–H groups in total. The molecule has 0 atom stereocenters. The van der Waals surface area contributed by atoms with E-state index in [2.05, 4.69) is 16.7 Å². The Hall–Kier alpha value is -2.24. The van der Waals surface area contributed by atoms with Crippen LogP contribution in [0.1, 0.15) is 36.0 Å². The molecule has 2 aromatic carbocycles. The second-order valence-electron chi connectivity index (χ2n) is 8.04. The number of halogens is 1. The number of piperidine rings is 1. The van der Waals surface area contributed by atoms with Crippen LogP contribution in [-0.2, 0) is 24.2 Å². The van der Waals surface area contributed by atoms with E-state index in [1.807, 2.05) is 35.2 Å². The van der Waals surface area contributed by atoms with E-state index in [1.165, 1.54) is 17.5 Å². The van der Waals surface area contributed by atoms with Crippen LogP contribution in [0.15, 0.2) is 36.4 Å². The second kappa shape index (κ2) is 10.2. The molecular formula is C24H30ClN3O2. The van der Waals surface area contributed by atoms with Crippen molar-refractivity contribution in [3.8, 4) is 5.75 Å². The van der Waals surface area contributed by atoms with Crippen molar-refractivity contribution in [3.05, 3.63) is 58.1 Å². The first-order valence-electron chi connectivity index (χ1n) is 10.9. The van der Waals surface area contributed by atoms with Gasteiger partial charge in [-0.25, -0.2) is 0 Å². The summed E-state index contributed by atoms with van der Waals surface area (Å²) in [5.41, 5.74) is 4.88. The fraction of sp³-hybridized carbons (Fsp3) is 0.458. The number of carbonyl (C=O) groups excluding carboxylic acids is 1. The molecule has 2 aliphatic heterocycles. The molecule has 0 radical (unpaired) electrons. The first-order chi connectivity index (χ1) is 14.7. The third-order valence-corrected chi connectivity index (χ3v) is 6.26. The number of carbonyl (C=O) groups is 1. The van der Waals surface area contributed by atoms with Crippen molar-refractivity contribution in [1.82, 2.24) is 10.2 Å². The van der Waals surface area contributed by atoms with Gasteiger partial charge in [0.05, 0.1) is 10.7 Å². The predicted molar refractivity (Wildman–Crippen MR) is 121 cm³/mol. The standard InChI is InChI=1S/C24H30ClN3O2/c25-22-9-6-19-10-12-26-13-11-21(19)24(22)27-16-18-4-7-20(8-5-18)30-17-23(29)28-14-2-1-3-15-28/h4-9,26-27H,1-3,10-17H2. The lowest BCUT2D eigenvalue weighted by molar-refractivity contribution is -0.134. The normalized spacial score (nSPS) is 16.5. The van der Waals surface area contributed by atoms with E-state index in [4.69, 9.17) is 16.3 Å². The van der Waals surface area contributed by atoms with Crippen molar-refractivity contribution in [1.29, 1.82) is 0 Å². The molecular weight excluding hydrogens is 398 g/mol. The fourth-order valence-electron chi connectivity index (χ4n) is 4.21. The molecule has 5 nitrogen and oxygen atoms in total. The van der Waals surface area contributed by atoms with Gasteiger partial charge >= 0.3 is 0 Å². The molecule has 1 fully saturated rings. The summed E-state index contributed by atoms with van der Waals surface area (Å²) in [6.07, 6.45) is 5.42. The minimum atomic E-state index is 0.0781. The molecule has 2 heterocycles. The fourth-order valence-corrected chi connectivity index (χ4v) is 4.45. The first kappa shape index (κ1) is 21.0. The Morgan fingerprint density at radius 1 is 1.03 bits per heavy atom. The van der Waals surface area contributed by atoms with E-state index in [9.17, 15) is 4.79 Å². The van der Waals surface area contributed by atoms with Crippen LogP contribution in [0.4, 0.5) is 5.69 Å². The van der Waals surface area contributed by atoms with Crippen LogP contribution in [0.3, 0.4) is 0 Å². The number of likely N-dealkylation sites (tertiary alicyclic amines) is 1. The van der Waals surface area contributed by atoms with Crippen molar-refractivity contribution < 1.29 is 9.53 Å². The van der Waals surface area contributed by atoms with Crippen LogP contribution in [0, 0.1) is 0 Å². The van der Waals surface area contributed by atoms with Crippen molar-refractivity contribution in [2.75, 3.05) is 38.1 Å². The maximum Gasteiger partial charge on any atom is 0.260 e. The molecule has 0 unspecified atom stereocenters. The Morgan fingerprint density at radius 2 is 1.80 bits per heavy atom. The zero-order valence-corrected chi connectivity index (χ0v) is 18.1. The maximum absolute atomic E-state index is 12.2. The number of fused-ring (bicyclic) bond motifs is 1. The van der Waals surface area contributed by atoms with Gasteiger partial charge in [-0.3, -0.25) is 4.79 Å². The van der Waals surface area contributed by atoms with Crippen LogP contribution in [-0.4, -0.2) is 43.6 Å². The average Bonchev–Trinajstić information content (AvgIpc) is 3.04. The summed E-state index contributed by atoms with van der Waals surface area (Å²) < 4.78 is 5.71. The number of nitrogens with zero attached hydrogens (tertiary/aromatic N) is 1. The van der Waals surface area contributed by atoms with Crippen LogP contribution in [0.2, 0.25) is 5.02 Å². The number of hydrogen-bond acceptors (Lipinski definition) is 4. The second-order valence-corrected chi connectivity index (χ2v) is 8.44. The third-order valence-electron chi connectivity index (χ3n) is 5.95. The van der Waals surface area contributed by atoms with Gasteiger partial charge in [-0.2, -0.15) is 0 Å². The first-order valence-corrected chi connectivity index (χ1v) is 11.3. The Bertz CT molecular complexity index is 863. The van der Waals surface area contributed by atoms with Gasteiger partial charge in [-0.15, -0.1) is 0 Å². The number of amides is 1. The lowest BCUT2D eigenvalue weighted by Gasteiger charge is -2.26. The van der Waals surface area contributed by atoms with Crippen molar-refractivity contribution in [3.63, 3.8) is 0 Å². The SMILES string of the molecule is O=C(COc1ccc(CNc2c(Cl)ccc3c2CCNCC3)cc1)N1CCCCC1. The van der Waals surface area contributed by atoms with Crippen LogP contribution < -0.4 is 15.4 Å². The summed E-state index contributed by atoms with van der Waals surface area (Å²) in [6, 6.07) is 12.1. The quantitative estimate of drug-likeness (QED) is 0.730. The van der Waals surface area contributed by atoms with E-state index in [-0.39, 0.29) is 12.5 Å². The summed E-state index contributed by atoms with van der Waals surface area (Å²) in [5.74, 6) is 0.802. The highest BCUT2D eigenvalue weighted by Crippen LogP contribution is 2.31. The monoisotopic (exact) mass is 427 g/mol. The summed E-state index contributed by atoms with van der Waals surface area (Å²) in [6.45, 7) is 4.50. The molecule has 2 aromatic rings. The maximum atomic E-state index is 12.2. The van der Waals surface area contributed by atoms with Gasteiger partial charge in [-0.05, 0) is 80.1 Å². The topological polar surface area (TPSA) is 53.6 Å². The molecule has 4 rings (SSSR count). The molecule has 6 heteroatoms. The summed E-state index contributed by atoms with van der Waals surface area (Å²) in [4.78, 5) is 14.2. The third kappa shape index (κ3) is 5.27. The average molecular weight is 428 g/mol. The van der Waals surface area contributed by atoms with Gasteiger partial charge in [0.2, 0.25) is 0 Å². The Balaban J connectivity index is 1.33. The number of benzene rings is 2. The molecule has 160 valence electrons. The van der Waals surface area contributed by atoms with E-state index >= 15 is 0 Å². The van der Waals surface area contributed by atoms with Gasteiger partial charge in [-0.1, -0.05) is 29.8 Å². The van der Waals surface area contributed by atoms with Gasteiger partial charge < -0.3 is 20.3 Å². The highest BCUT2D eigenvalue weighted by molar-refractivity contribution is 6.33. The van der Waals surface area contributed by atoms with Crippen molar-refractivity contribution in [2.24, 2.45) is 0 Å². The van der Waals surface area contributed by atoms with Gasteiger partial charge in [0.1, 0.15) is 5.75 Å². The van der Waals surface area contributed by atoms with Gasteiger partial charge in [0.25, 0.3) is 5.91 Å². The number of hydrogen-bond donors (Lipinski definition) is 2. The highest BCUT2D eigenvalue weighted by Gasteiger charge is 2.17. The number of nitrogens with one attached hydrogen (secondary N) is 2. The largest absolute Gasteiger partial charge is 0.484 e. The Labute approximate surface area is 183 Å². The highest BCUT2D eigenvalue weighted by atomic mass is 35.5. The molecule has 1 amide bonds. The minimum Gasteiger partial charge on any atom is -0.484 e. The smallest absolute Gasteiger partial charge is 0.260 e. The lowest BCUT2D eigenvalue weighted by Crippen LogP contribution is -2.38. The Morgan fingerprint density at radius 3 is 2.60 bits per heavy atom. The molecule has 30 heavy (non-hydrogen) atoms. The molecule has 0 saturated carbocycles. The van der Waals surface area contributed by atoms with Crippen LogP contribution >= 0.6 is 11.6 Å². The van der Waals surface area contributed by atoms with Crippen LogP contribution in [0.5, 0.6) is 5.75 Å².